The van der Waals surface area contributed by atoms with Crippen LogP contribution < -0.4 is 10.6 Å². The zero-order chi connectivity index (χ0) is 13.5. The molecule has 0 aliphatic carbocycles. The third-order valence-electron chi connectivity index (χ3n) is 3.75. The lowest BCUT2D eigenvalue weighted by atomic mass is 10.1. The van der Waals surface area contributed by atoms with E-state index < -0.39 is 0 Å². The van der Waals surface area contributed by atoms with Gasteiger partial charge >= 0.3 is 0 Å². The van der Waals surface area contributed by atoms with Crippen LogP contribution in [0.2, 0.25) is 0 Å². The maximum Gasteiger partial charge on any atom is 0.236 e. The molecule has 0 bridgehead atoms. The Bertz CT molecular complexity index is 255. The third-order valence-corrected chi connectivity index (χ3v) is 3.75. The fourth-order valence-corrected chi connectivity index (χ4v) is 2.28. The molecule has 2 atom stereocenters. The lowest BCUT2D eigenvalue weighted by Gasteiger charge is -2.22. The monoisotopic (exact) mass is 255 g/mol. The Morgan fingerprint density at radius 1 is 1.39 bits per heavy atom. The van der Waals surface area contributed by atoms with Crippen LogP contribution in [0.1, 0.15) is 40.0 Å². The van der Waals surface area contributed by atoms with Gasteiger partial charge in [0.15, 0.2) is 0 Å². The first-order valence-electron chi connectivity index (χ1n) is 7.22. The Hall–Kier alpha value is -0.610. The minimum absolute atomic E-state index is 0.0915. The summed E-state index contributed by atoms with van der Waals surface area (Å²) < 4.78 is 0. The molecule has 0 saturated carbocycles. The van der Waals surface area contributed by atoms with E-state index in [0.717, 1.165) is 19.5 Å². The van der Waals surface area contributed by atoms with Crippen molar-refractivity contribution in [3.8, 4) is 0 Å². The number of nitrogens with zero attached hydrogens (tertiary/aromatic N) is 1. The van der Waals surface area contributed by atoms with E-state index in [-0.39, 0.29) is 11.9 Å². The summed E-state index contributed by atoms with van der Waals surface area (Å²) in [4.78, 5) is 14.2. The molecule has 1 aliphatic rings. The number of hydrogen-bond donors (Lipinski definition) is 2. The fraction of sp³-hybridized carbons (Fsp3) is 0.929. The fourth-order valence-electron chi connectivity index (χ4n) is 2.28. The van der Waals surface area contributed by atoms with E-state index in [1.165, 1.54) is 19.4 Å². The highest BCUT2D eigenvalue weighted by atomic mass is 16.2. The smallest absolute Gasteiger partial charge is 0.236 e. The molecule has 2 unspecified atom stereocenters. The van der Waals surface area contributed by atoms with Gasteiger partial charge < -0.3 is 15.5 Å². The molecule has 0 aromatic heterocycles. The van der Waals surface area contributed by atoms with E-state index in [9.17, 15) is 4.79 Å². The van der Waals surface area contributed by atoms with E-state index in [2.05, 4.69) is 36.4 Å². The molecular formula is C14H29N3O. The van der Waals surface area contributed by atoms with E-state index in [4.69, 9.17) is 0 Å². The van der Waals surface area contributed by atoms with Crippen LogP contribution in [-0.2, 0) is 4.79 Å². The summed E-state index contributed by atoms with van der Waals surface area (Å²) in [5.74, 6) is 0.761. The SMILES string of the molecule is CC(C)CCNC(=O)C(C)NCC1CCCN1C. The highest BCUT2D eigenvalue weighted by molar-refractivity contribution is 5.81. The maximum absolute atomic E-state index is 11.8. The molecule has 2 N–H and O–H groups in total. The van der Waals surface area contributed by atoms with Crippen molar-refractivity contribution in [1.82, 2.24) is 15.5 Å². The van der Waals surface area contributed by atoms with Crippen LogP contribution >= 0.6 is 0 Å². The van der Waals surface area contributed by atoms with Crippen LogP contribution in [0.15, 0.2) is 0 Å². The molecule has 0 radical (unpaired) electrons. The van der Waals surface area contributed by atoms with Gasteiger partial charge in [-0.15, -0.1) is 0 Å². The van der Waals surface area contributed by atoms with Crippen molar-refractivity contribution in [2.24, 2.45) is 5.92 Å². The van der Waals surface area contributed by atoms with Gasteiger partial charge in [0.1, 0.15) is 0 Å². The summed E-state index contributed by atoms with van der Waals surface area (Å²) >= 11 is 0. The van der Waals surface area contributed by atoms with Crippen LogP contribution in [0.5, 0.6) is 0 Å². The van der Waals surface area contributed by atoms with E-state index in [0.29, 0.717) is 12.0 Å². The van der Waals surface area contributed by atoms with Gasteiger partial charge in [-0.2, -0.15) is 0 Å². The standard InChI is InChI=1S/C14H29N3O/c1-11(2)7-8-15-14(18)12(3)16-10-13-6-5-9-17(13)4/h11-13,16H,5-10H2,1-4H3,(H,15,18). The predicted octanol–water partition coefficient (Wildman–Crippen LogP) is 1.22. The molecule has 18 heavy (non-hydrogen) atoms. The summed E-state index contributed by atoms with van der Waals surface area (Å²) in [6, 6.07) is 0.502. The Morgan fingerprint density at radius 3 is 2.67 bits per heavy atom. The quantitative estimate of drug-likeness (QED) is 0.719. The first kappa shape index (κ1) is 15.4. The Balaban J connectivity index is 2.15. The van der Waals surface area contributed by atoms with Gasteiger partial charge in [-0.1, -0.05) is 13.8 Å². The second-order valence-electron chi connectivity index (χ2n) is 5.88. The molecule has 1 fully saturated rings. The van der Waals surface area contributed by atoms with Crippen molar-refractivity contribution < 1.29 is 4.79 Å². The number of carbonyl (C=O) groups is 1. The third kappa shape index (κ3) is 5.36. The van der Waals surface area contributed by atoms with E-state index >= 15 is 0 Å². The lowest BCUT2D eigenvalue weighted by molar-refractivity contribution is -0.122. The number of amides is 1. The Kier molecular flexibility index (Phi) is 6.65. The van der Waals surface area contributed by atoms with Gasteiger partial charge in [-0.05, 0) is 45.7 Å². The summed E-state index contributed by atoms with van der Waals surface area (Å²) in [6.07, 6.45) is 3.56. The number of nitrogens with one attached hydrogen (secondary N) is 2. The first-order valence-corrected chi connectivity index (χ1v) is 7.22. The van der Waals surface area contributed by atoms with E-state index in [1.54, 1.807) is 0 Å². The lowest BCUT2D eigenvalue weighted by Crippen LogP contribution is -2.46. The van der Waals surface area contributed by atoms with Crippen molar-refractivity contribution in [2.45, 2.75) is 52.1 Å². The molecule has 4 nitrogen and oxygen atoms in total. The molecular weight excluding hydrogens is 226 g/mol. The van der Waals surface area contributed by atoms with Crippen LogP contribution in [0.25, 0.3) is 0 Å². The van der Waals surface area contributed by atoms with Crippen LogP contribution in [0.3, 0.4) is 0 Å². The topological polar surface area (TPSA) is 44.4 Å². The Morgan fingerprint density at radius 2 is 2.11 bits per heavy atom. The van der Waals surface area contributed by atoms with Crippen molar-refractivity contribution in [2.75, 3.05) is 26.7 Å². The molecule has 4 heteroatoms. The normalized spacial score (nSPS) is 22.4. The Labute approximate surface area is 111 Å². The number of rotatable bonds is 7. The summed E-state index contributed by atoms with van der Waals surface area (Å²) in [5, 5.41) is 6.32. The van der Waals surface area contributed by atoms with Crippen LogP contribution in [0.4, 0.5) is 0 Å². The van der Waals surface area contributed by atoms with E-state index in [1.807, 2.05) is 6.92 Å². The molecule has 1 heterocycles. The molecule has 1 rings (SSSR count). The average Bonchev–Trinajstić information content (AvgIpc) is 2.71. The molecule has 106 valence electrons. The van der Waals surface area contributed by atoms with Crippen LogP contribution in [0, 0.1) is 5.92 Å². The summed E-state index contributed by atoms with van der Waals surface area (Å²) in [6.45, 7) is 9.16. The van der Waals surface area contributed by atoms with Gasteiger partial charge in [0.25, 0.3) is 0 Å². The van der Waals surface area contributed by atoms with Crippen molar-refractivity contribution >= 4 is 5.91 Å². The number of hydrogen-bond acceptors (Lipinski definition) is 3. The van der Waals surface area contributed by atoms with Gasteiger partial charge in [-0.25, -0.2) is 0 Å². The summed E-state index contributed by atoms with van der Waals surface area (Å²) in [5.41, 5.74) is 0. The van der Waals surface area contributed by atoms with Gasteiger partial charge in [0.05, 0.1) is 6.04 Å². The summed E-state index contributed by atoms with van der Waals surface area (Å²) in [7, 11) is 2.16. The van der Waals surface area contributed by atoms with Crippen molar-refractivity contribution in [1.29, 1.82) is 0 Å². The van der Waals surface area contributed by atoms with Crippen LogP contribution in [-0.4, -0.2) is 49.6 Å². The number of carbonyl (C=O) groups excluding carboxylic acids is 1. The molecule has 0 aromatic rings. The van der Waals surface area contributed by atoms with Crippen molar-refractivity contribution in [3.05, 3.63) is 0 Å². The predicted molar refractivity (Wildman–Crippen MR) is 75.6 cm³/mol. The molecule has 0 aromatic carbocycles. The highest BCUT2D eigenvalue weighted by Crippen LogP contribution is 2.13. The minimum Gasteiger partial charge on any atom is -0.355 e. The zero-order valence-corrected chi connectivity index (χ0v) is 12.3. The van der Waals surface area contributed by atoms with Gasteiger partial charge in [0, 0.05) is 19.1 Å². The second-order valence-corrected chi connectivity index (χ2v) is 5.88. The number of likely N-dealkylation sites (tertiary alicyclic amines) is 1. The molecule has 0 spiro atoms. The molecule has 1 saturated heterocycles. The van der Waals surface area contributed by atoms with Gasteiger partial charge in [-0.3, -0.25) is 4.79 Å². The highest BCUT2D eigenvalue weighted by Gasteiger charge is 2.22. The average molecular weight is 255 g/mol. The number of likely N-dealkylation sites (N-methyl/N-ethyl adjacent to an activating group) is 1. The van der Waals surface area contributed by atoms with Gasteiger partial charge in [0.2, 0.25) is 5.91 Å². The molecule has 1 aliphatic heterocycles. The molecule has 1 amide bonds. The first-order chi connectivity index (χ1) is 8.50. The zero-order valence-electron chi connectivity index (χ0n) is 12.3. The largest absolute Gasteiger partial charge is 0.355 e. The second kappa shape index (κ2) is 7.74. The van der Waals surface area contributed by atoms with Crippen molar-refractivity contribution in [3.63, 3.8) is 0 Å². The minimum atomic E-state index is -0.0915. The maximum atomic E-state index is 11.8.